The van der Waals surface area contributed by atoms with Gasteiger partial charge in [-0.05, 0) is 43.1 Å². The lowest BCUT2D eigenvalue weighted by molar-refractivity contribution is -0.121. The van der Waals surface area contributed by atoms with Crippen molar-refractivity contribution >= 4 is 23.4 Å². The number of carbonyl (C=O) groups excluding carboxylic acids is 1. The van der Waals surface area contributed by atoms with Gasteiger partial charge >= 0.3 is 0 Å². The predicted octanol–water partition coefficient (Wildman–Crippen LogP) is 2.34. The summed E-state index contributed by atoms with van der Waals surface area (Å²) >= 11 is 2.04. The van der Waals surface area contributed by atoms with E-state index in [4.69, 9.17) is 0 Å². The molecule has 2 fully saturated rings. The molecular formula is C18H27N3OS. The van der Waals surface area contributed by atoms with E-state index in [1.54, 1.807) is 0 Å². The molecule has 3 rings (SSSR count). The summed E-state index contributed by atoms with van der Waals surface area (Å²) in [5.41, 5.74) is 3.44. The van der Waals surface area contributed by atoms with E-state index in [-0.39, 0.29) is 11.8 Å². The van der Waals surface area contributed by atoms with Crippen molar-refractivity contribution in [2.75, 3.05) is 43.0 Å². The van der Waals surface area contributed by atoms with Crippen LogP contribution in [0.15, 0.2) is 18.2 Å². The van der Waals surface area contributed by atoms with Gasteiger partial charge in [-0.25, -0.2) is 0 Å². The van der Waals surface area contributed by atoms with E-state index in [1.165, 1.54) is 30.2 Å². The molecule has 1 atom stereocenters. The van der Waals surface area contributed by atoms with Crippen molar-refractivity contribution in [3.63, 3.8) is 0 Å². The van der Waals surface area contributed by atoms with Crippen LogP contribution in [0.4, 0.5) is 5.69 Å². The average Bonchev–Trinajstić information content (AvgIpc) is 2.49. The van der Waals surface area contributed by atoms with Crippen molar-refractivity contribution in [2.45, 2.75) is 20.4 Å². The molecule has 0 aromatic heterocycles. The summed E-state index contributed by atoms with van der Waals surface area (Å²) in [4.78, 5) is 14.9. The van der Waals surface area contributed by atoms with Gasteiger partial charge in [-0.15, -0.1) is 0 Å². The van der Waals surface area contributed by atoms with Crippen LogP contribution in [0.25, 0.3) is 0 Å². The molecule has 2 heterocycles. The van der Waals surface area contributed by atoms with Crippen LogP contribution >= 0.6 is 11.8 Å². The van der Waals surface area contributed by atoms with E-state index >= 15 is 0 Å². The fourth-order valence-corrected chi connectivity index (χ4v) is 4.09. The molecule has 2 saturated heterocycles. The number of carbonyl (C=O) groups is 1. The smallest absolute Gasteiger partial charge is 0.227 e. The Morgan fingerprint density at radius 3 is 2.74 bits per heavy atom. The monoisotopic (exact) mass is 333 g/mol. The van der Waals surface area contributed by atoms with E-state index in [1.807, 2.05) is 18.7 Å². The summed E-state index contributed by atoms with van der Waals surface area (Å²) in [5, 5.41) is 6.34. The maximum Gasteiger partial charge on any atom is 0.227 e. The van der Waals surface area contributed by atoms with Crippen molar-refractivity contribution in [2.24, 2.45) is 11.8 Å². The Bertz CT molecular complexity index is 553. The third-order valence-corrected chi connectivity index (χ3v) is 5.93. The van der Waals surface area contributed by atoms with Gasteiger partial charge in [-0.3, -0.25) is 9.69 Å². The van der Waals surface area contributed by atoms with Gasteiger partial charge in [0.2, 0.25) is 5.91 Å². The Morgan fingerprint density at radius 2 is 2.13 bits per heavy atom. The zero-order valence-corrected chi connectivity index (χ0v) is 14.9. The molecule has 0 saturated carbocycles. The molecule has 0 aliphatic carbocycles. The molecular weight excluding hydrogens is 306 g/mol. The molecule has 2 aliphatic heterocycles. The van der Waals surface area contributed by atoms with E-state index in [0.717, 1.165) is 30.9 Å². The summed E-state index contributed by atoms with van der Waals surface area (Å²) in [7, 11) is 0. The first-order valence-electron chi connectivity index (χ1n) is 8.54. The SMILES string of the molecule is Cc1cc(CN2CCSCC2)ccc1NC(=O)C(C)C1CNC1. The topological polar surface area (TPSA) is 44.4 Å². The minimum Gasteiger partial charge on any atom is -0.326 e. The molecule has 126 valence electrons. The first kappa shape index (κ1) is 16.8. The molecule has 0 radical (unpaired) electrons. The lowest BCUT2D eigenvalue weighted by atomic mass is 9.88. The number of anilines is 1. The van der Waals surface area contributed by atoms with Crippen LogP contribution in [0.1, 0.15) is 18.1 Å². The van der Waals surface area contributed by atoms with Crippen molar-refractivity contribution in [3.8, 4) is 0 Å². The molecule has 1 amide bonds. The molecule has 2 aliphatic rings. The lowest BCUT2D eigenvalue weighted by Gasteiger charge is -2.31. The molecule has 5 heteroatoms. The summed E-state index contributed by atoms with van der Waals surface area (Å²) in [6.07, 6.45) is 0. The molecule has 0 spiro atoms. The number of nitrogens with one attached hydrogen (secondary N) is 2. The molecule has 2 N–H and O–H groups in total. The number of nitrogens with zero attached hydrogens (tertiary/aromatic N) is 1. The number of benzene rings is 1. The number of hydrogen-bond donors (Lipinski definition) is 2. The maximum atomic E-state index is 12.4. The van der Waals surface area contributed by atoms with Gasteiger partial charge in [0.05, 0.1) is 0 Å². The number of amides is 1. The van der Waals surface area contributed by atoms with Gasteiger partial charge in [-0.1, -0.05) is 19.1 Å². The van der Waals surface area contributed by atoms with Crippen LogP contribution in [0, 0.1) is 18.8 Å². The van der Waals surface area contributed by atoms with Crippen LogP contribution in [0.5, 0.6) is 0 Å². The zero-order chi connectivity index (χ0) is 16.2. The third kappa shape index (κ3) is 4.28. The van der Waals surface area contributed by atoms with Crippen molar-refractivity contribution in [1.82, 2.24) is 10.2 Å². The minimum absolute atomic E-state index is 0.0705. The van der Waals surface area contributed by atoms with Crippen molar-refractivity contribution in [3.05, 3.63) is 29.3 Å². The summed E-state index contributed by atoms with van der Waals surface area (Å²) in [5.74, 6) is 3.16. The second kappa shape index (κ2) is 7.69. The fraction of sp³-hybridized carbons (Fsp3) is 0.611. The number of thioether (sulfide) groups is 1. The average molecular weight is 334 g/mol. The van der Waals surface area contributed by atoms with Crippen LogP contribution in [-0.2, 0) is 11.3 Å². The van der Waals surface area contributed by atoms with E-state index < -0.39 is 0 Å². The minimum atomic E-state index is 0.0705. The Hall–Kier alpha value is -1.04. The lowest BCUT2D eigenvalue weighted by Crippen LogP contribution is -2.48. The Morgan fingerprint density at radius 1 is 1.39 bits per heavy atom. The quantitative estimate of drug-likeness (QED) is 0.868. The summed E-state index contributed by atoms with van der Waals surface area (Å²) < 4.78 is 0. The molecule has 23 heavy (non-hydrogen) atoms. The van der Waals surface area contributed by atoms with Crippen LogP contribution < -0.4 is 10.6 Å². The predicted molar refractivity (Wildman–Crippen MR) is 97.9 cm³/mol. The largest absolute Gasteiger partial charge is 0.326 e. The third-order valence-electron chi connectivity index (χ3n) is 4.99. The standard InChI is InChI=1S/C18H27N3OS/c1-13-9-15(12-21-5-7-23-8-6-21)3-4-17(13)20-18(22)14(2)16-10-19-11-16/h3-4,9,14,16,19H,5-8,10-12H2,1-2H3,(H,20,22). The number of aryl methyl sites for hydroxylation is 1. The van der Waals surface area contributed by atoms with E-state index in [9.17, 15) is 4.79 Å². The van der Waals surface area contributed by atoms with Gasteiger partial charge < -0.3 is 10.6 Å². The Kier molecular flexibility index (Phi) is 5.62. The highest BCUT2D eigenvalue weighted by atomic mass is 32.2. The fourth-order valence-electron chi connectivity index (χ4n) is 3.11. The summed E-state index contributed by atoms with van der Waals surface area (Å²) in [6.45, 7) is 9.39. The van der Waals surface area contributed by atoms with Crippen LogP contribution in [-0.4, -0.2) is 48.5 Å². The van der Waals surface area contributed by atoms with Gasteiger partial charge in [0.1, 0.15) is 0 Å². The molecule has 0 bridgehead atoms. The van der Waals surface area contributed by atoms with E-state index in [0.29, 0.717) is 5.92 Å². The van der Waals surface area contributed by atoms with Crippen LogP contribution in [0.3, 0.4) is 0 Å². The highest BCUT2D eigenvalue weighted by Gasteiger charge is 2.28. The van der Waals surface area contributed by atoms with Crippen molar-refractivity contribution < 1.29 is 4.79 Å². The van der Waals surface area contributed by atoms with Gasteiger partial charge in [0.25, 0.3) is 0 Å². The summed E-state index contributed by atoms with van der Waals surface area (Å²) in [6, 6.07) is 6.43. The number of rotatable bonds is 5. The molecule has 4 nitrogen and oxygen atoms in total. The second-order valence-electron chi connectivity index (χ2n) is 6.73. The van der Waals surface area contributed by atoms with Gasteiger partial charge in [-0.2, -0.15) is 11.8 Å². The normalized spacial score (nSPS) is 20.8. The van der Waals surface area contributed by atoms with Gasteiger partial charge in [0, 0.05) is 42.7 Å². The highest BCUT2D eigenvalue weighted by molar-refractivity contribution is 7.99. The molecule has 1 unspecified atom stereocenters. The van der Waals surface area contributed by atoms with E-state index in [2.05, 4.69) is 40.7 Å². The van der Waals surface area contributed by atoms with Gasteiger partial charge in [0.15, 0.2) is 0 Å². The van der Waals surface area contributed by atoms with Crippen molar-refractivity contribution in [1.29, 1.82) is 0 Å². The Balaban J connectivity index is 1.58. The maximum absolute atomic E-state index is 12.4. The van der Waals surface area contributed by atoms with Crippen LogP contribution in [0.2, 0.25) is 0 Å². The molecule has 1 aromatic carbocycles. The second-order valence-corrected chi connectivity index (χ2v) is 7.96. The highest BCUT2D eigenvalue weighted by Crippen LogP contribution is 2.22. The molecule has 1 aromatic rings. The zero-order valence-electron chi connectivity index (χ0n) is 14.1. The first-order valence-corrected chi connectivity index (χ1v) is 9.70. The Labute approximate surface area is 143 Å². The first-order chi connectivity index (χ1) is 11.1. The number of hydrogen-bond acceptors (Lipinski definition) is 4.